The quantitative estimate of drug-likeness (QED) is 0.767. The number of piperidine rings is 1. The van der Waals surface area contributed by atoms with E-state index < -0.39 is 0 Å². The summed E-state index contributed by atoms with van der Waals surface area (Å²) in [5.74, 6) is 1.78. The third kappa shape index (κ3) is 3.14. The molecule has 2 heterocycles. The number of hydrogen-bond donors (Lipinski definition) is 0. The van der Waals surface area contributed by atoms with Crippen LogP contribution in [0.1, 0.15) is 25.3 Å². The topological polar surface area (TPSA) is 16.1 Å². The van der Waals surface area contributed by atoms with Gasteiger partial charge in [-0.2, -0.15) is 0 Å². The van der Waals surface area contributed by atoms with E-state index in [9.17, 15) is 0 Å². The predicted molar refractivity (Wildman–Crippen MR) is 76.9 cm³/mol. The standard InChI is InChI=1S/C13H18BrClN2/c1-9-7-12(14)8-16-13(9)17-5-3-11(4-6-17)10(2)15/h7-8,10-11H,3-6H2,1-2H3. The average Bonchev–Trinajstić information content (AvgIpc) is 2.29. The Morgan fingerprint density at radius 3 is 2.65 bits per heavy atom. The molecule has 0 radical (unpaired) electrons. The van der Waals surface area contributed by atoms with Crippen molar-refractivity contribution in [1.82, 2.24) is 4.98 Å². The minimum absolute atomic E-state index is 0.288. The summed E-state index contributed by atoms with van der Waals surface area (Å²) in [4.78, 5) is 6.89. The molecule has 1 aliphatic rings. The minimum atomic E-state index is 0.288. The van der Waals surface area contributed by atoms with Crippen LogP contribution < -0.4 is 4.90 Å². The van der Waals surface area contributed by atoms with E-state index in [0.717, 1.165) is 23.4 Å². The van der Waals surface area contributed by atoms with Gasteiger partial charge in [-0.25, -0.2) is 4.98 Å². The number of rotatable bonds is 2. The molecule has 0 aromatic carbocycles. The van der Waals surface area contributed by atoms with Gasteiger partial charge >= 0.3 is 0 Å². The number of aromatic nitrogens is 1. The van der Waals surface area contributed by atoms with Crippen LogP contribution in [0.15, 0.2) is 16.7 Å². The van der Waals surface area contributed by atoms with E-state index in [0.29, 0.717) is 5.92 Å². The molecule has 1 unspecified atom stereocenters. The maximum Gasteiger partial charge on any atom is 0.131 e. The Hall–Kier alpha value is -0.280. The van der Waals surface area contributed by atoms with Gasteiger partial charge < -0.3 is 4.90 Å². The molecule has 1 atom stereocenters. The first-order valence-corrected chi connectivity index (χ1v) is 7.32. The largest absolute Gasteiger partial charge is 0.356 e. The molecule has 17 heavy (non-hydrogen) atoms. The number of aryl methyl sites for hydroxylation is 1. The molecule has 1 saturated heterocycles. The second-order valence-corrected chi connectivity index (χ2v) is 6.40. The lowest BCUT2D eigenvalue weighted by Crippen LogP contribution is -2.36. The Balaban J connectivity index is 2.05. The van der Waals surface area contributed by atoms with Crippen LogP contribution in [0, 0.1) is 12.8 Å². The molecule has 0 bridgehead atoms. The van der Waals surface area contributed by atoms with Gasteiger partial charge in [-0.05, 0) is 60.2 Å². The van der Waals surface area contributed by atoms with Crippen LogP contribution in [0.3, 0.4) is 0 Å². The molecule has 0 spiro atoms. The zero-order chi connectivity index (χ0) is 12.4. The van der Waals surface area contributed by atoms with Crippen molar-refractivity contribution in [1.29, 1.82) is 0 Å². The van der Waals surface area contributed by atoms with Crippen molar-refractivity contribution in [2.75, 3.05) is 18.0 Å². The van der Waals surface area contributed by atoms with Crippen LogP contribution in [0.5, 0.6) is 0 Å². The molecule has 2 rings (SSSR count). The molecule has 0 amide bonds. The van der Waals surface area contributed by atoms with Crippen LogP contribution in [0.2, 0.25) is 0 Å². The predicted octanol–water partition coefficient (Wildman–Crippen LogP) is 4.00. The summed E-state index contributed by atoms with van der Waals surface area (Å²) in [5, 5.41) is 0.288. The maximum atomic E-state index is 6.16. The molecule has 2 nitrogen and oxygen atoms in total. The molecule has 0 N–H and O–H groups in total. The van der Waals surface area contributed by atoms with Crippen molar-refractivity contribution in [2.45, 2.75) is 32.1 Å². The third-order valence-electron chi connectivity index (χ3n) is 3.51. The summed E-state index contributed by atoms with van der Waals surface area (Å²) in [6.45, 7) is 6.35. The molecule has 4 heteroatoms. The Morgan fingerprint density at radius 2 is 2.12 bits per heavy atom. The van der Waals surface area contributed by atoms with Gasteiger partial charge in [0.05, 0.1) is 0 Å². The fourth-order valence-electron chi connectivity index (χ4n) is 2.43. The number of nitrogens with zero attached hydrogens (tertiary/aromatic N) is 2. The lowest BCUT2D eigenvalue weighted by molar-refractivity contribution is 0.398. The summed E-state index contributed by atoms with van der Waals surface area (Å²) in [6, 6.07) is 2.12. The van der Waals surface area contributed by atoms with E-state index in [-0.39, 0.29) is 5.38 Å². The SMILES string of the molecule is Cc1cc(Br)cnc1N1CCC(C(C)Cl)CC1. The van der Waals surface area contributed by atoms with Crippen LogP contribution in [-0.2, 0) is 0 Å². The zero-order valence-electron chi connectivity index (χ0n) is 10.3. The van der Waals surface area contributed by atoms with E-state index in [1.165, 1.54) is 18.4 Å². The lowest BCUT2D eigenvalue weighted by atomic mass is 9.94. The van der Waals surface area contributed by atoms with E-state index in [1.54, 1.807) is 0 Å². The minimum Gasteiger partial charge on any atom is -0.356 e. The van der Waals surface area contributed by atoms with Gasteiger partial charge in [0, 0.05) is 29.1 Å². The maximum absolute atomic E-state index is 6.16. The van der Waals surface area contributed by atoms with Crippen LogP contribution in [0.25, 0.3) is 0 Å². The molecular weight excluding hydrogens is 300 g/mol. The second kappa shape index (κ2) is 5.57. The van der Waals surface area contributed by atoms with Crippen molar-refractivity contribution >= 4 is 33.3 Å². The normalized spacial score (nSPS) is 19.4. The first kappa shape index (κ1) is 13.2. The third-order valence-corrected chi connectivity index (χ3v) is 4.30. The number of halogens is 2. The molecule has 94 valence electrons. The number of pyridine rings is 1. The summed E-state index contributed by atoms with van der Waals surface area (Å²) in [5.41, 5.74) is 1.23. The van der Waals surface area contributed by atoms with Crippen LogP contribution >= 0.6 is 27.5 Å². The van der Waals surface area contributed by atoms with Gasteiger partial charge in [0.2, 0.25) is 0 Å². The second-order valence-electron chi connectivity index (χ2n) is 4.80. The highest BCUT2D eigenvalue weighted by Crippen LogP contribution is 2.28. The number of anilines is 1. The van der Waals surface area contributed by atoms with Crippen molar-refractivity contribution in [3.05, 3.63) is 22.3 Å². The van der Waals surface area contributed by atoms with E-state index >= 15 is 0 Å². The lowest BCUT2D eigenvalue weighted by Gasteiger charge is -2.34. The highest BCUT2D eigenvalue weighted by Gasteiger charge is 2.23. The van der Waals surface area contributed by atoms with Crippen molar-refractivity contribution in [3.63, 3.8) is 0 Å². The van der Waals surface area contributed by atoms with Crippen LogP contribution in [0.4, 0.5) is 5.82 Å². The summed E-state index contributed by atoms with van der Waals surface area (Å²) in [7, 11) is 0. The van der Waals surface area contributed by atoms with Crippen molar-refractivity contribution in [2.24, 2.45) is 5.92 Å². The molecule has 0 aliphatic carbocycles. The van der Waals surface area contributed by atoms with Gasteiger partial charge in [0.25, 0.3) is 0 Å². The van der Waals surface area contributed by atoms with E-state index in [4.69, 9.17) is 11.6 Å². The Bertz CT molecular complexity index is 387. The van der Waals surface area contributed by atoms with Crippen molar-refractivity contribution in [3.8, 4) is 0 Å². The molecule has 1 aromatic rings. The van der Waals surface area contributed by atoms with E-state index in [2.05, 4.69) is 45.7 Å². The monoisotopic (exact) mass is 316 g/mol. The Morgan fingerprint density at radius 1 is 1.47 bits per heavy atom. The van der Waals surface area contributed by atoms with Crippen LogP contribution in [-0.4, -0.2) is 23.5 Å². The van der Waals surface area contributed by atoms with Gasteiger partial charge in [-0.1, -0.05) is 0 Å². The Kier molecular flexibility index (Phi) is 4.31. The fourth-order valence-corrected chi connectivity index (χ4v) is 3.13. The summed E-state index contributed by atoms with van der Waals surface area (Å²) in [6.07, 6.45) is 4.21. The summed E-state index contributed by atoms with van der Waals surface area (Å²) >= 11 is 9.61. The first-order chi connectivity index (χ1) is 8.08. The van der Waals surface area contributed by atoms with Gasteiger partial charge in [-0.3, -0.25) is 0 Å². The molecule has 0 saturated carbocycles. The van der Waals surface area contributed by atoms with E-state index in [1.807, 2.05) is 6.20 Å². The van der Waals surface area contributed by atoms with Gasteiger partial charge in [-0.15, -0.1) is 11.6 Å². The summed E-state index contributed by atoms with van der Waals surface area (Å²) < 4.78 is 1.04. The first-order valence-electron chi connectivity index (χ1n) is 6.09. The molecule has 1 aromatic heterocycles. The average molecular weight is 318 g/mol. The zero-order valence-corrected chi connectivity index (χ0v) is 12.6. The van der Waals surface area contributed by atoms with Crippen molar-refractivity contribution < 1.29 is 0 Å². The highest BCUT2D eigenvalue weighted by atomic mass is 79.9. The van der Waals surface area contributed by atoms with Gasteiger partial charge in [0.1, 0.15) is 5.82 Å². The van der Waals surface area contributed by atoms with Gasteiger partial charge in [0.15, 0.2) is 0 Å². The molecule has 1 aliphatic heterocycles. The molecule has 1 fully saturated rings. The number of hydrogen-bond acceptors (Lipinski definition) is 2. The fraction of sp³-hybridized carbons (Fsp3) is 0.615. The molecular formula is C13H18BrClN2. The Labute approximate surface area is 116 Å². The number of alkyl halides is 1. The highest BCUT2D eigenvalue weighted by molar-refractivity contribution is 9.10. The smallest absolute Gasteiger partial charge is 0.131 e.